The average Bonchev–Trinajstić information content (AvgIpc) is 4.02. The third-order valence-electron chi connectivity index (χ3n) is 13.7. The number of anilines is 2. The van der Waals surface area contributed by atoms with Crippen molar-refractivity contribution < 1.29 is 66.5 Å². The second kappa shape index (κ2) is 22.0. The minimum Gasteiger partial charge on any atom is -0.493 e. The minimum atomic E-state index is -0.896. The van der Waals surface area contributed by atoms with Gasteiger partial charge in [-0.2, -0.15) is 0 Å². The number of benzene rings is 3. The molecule has 4 saturated heterocycles. The first-order chi connectivity index (χ1) is 34.9. The van der Waals surface area contributed by atoms with Gasteiger partial charge in [-0.1, -0.05) is 0 Å². The van der Waals surface area contributed by atoms with Crippen LogP contribution in [0.5, 0.6) is 23.0 Å². The predicted octanol–water partition coefficient (Wildman–Crippen LogP) is 9.92. The Morgan fingerprint density at radius 1 is 0.575 bits per heavy atom. The predicted molar refractivity (Wildman–Crippen MR) is 276 cm³/mol. The normalized spacial score (nSPS) is 24.2. The maximum Gasteiger partial charge on any atom is 0.417 e. The zero-order valence-corrected chi connectivity index (χ0v) is 45.4. The van der Waals surface area contributed by atoms with Gasteiger partial charge in [-0.25, -0.2) is 19.4 Å². The molecule has 6 heterocycles. The summed E-state index contributed by atoms with van der Waals surface area (Å²) in [5.74, 6) is 0.726. The van der Waals surface area contributed by atoms with Crippen LogP contribution in [-0.2, 0) is 41.6 Å². The van der Waals surface area contributed by atoms with E-state index in [4.69, 9.17) is 47.4 Å². The Labute approximate surface area is 441 Å². The zero-order valence-electron chi connectivity index (χ0n) is 43.2. The summed E-state index contributed by atoms with van der Waals surface area (Å²) >= 11 is 2.24. The van der Waals surface area contributed by atoms with Crippen LogP contribution < -0.4 is 28.7 Å². The summed E-state index contributed by atoms with van der Waals surface area (Å²) in [4.78, 5) is 64.3. The van der Waals surface area contributed by atoms with Crippen molar-refractivity contribution in [3.63, 3.8) is 0 Å². The Balaban J connectivity index is 1.01. The zero-order chi connectivity index (χ0) is 51.8. The number of rotatable bonds is 12. The molecule has 0 radical (unpaired) electrons. The maximum absolute atomic E-state index is 14.5. The van der Waals surface area contributed by atoms with E-state index in [0.717, 1.165) is 53.2 Å². The summed E-state index contributed by atoms with van der Waals surface area (Å²) in [6.07, 6.45) is 3.52. The molecule has 4 fully saturated rings. The van der Waals surface area contributed by atoms with Crippen LogP contribution in [0, 0.1) is 3.57 Å². The highest BCUT2D eigenvalue weighted by molar-refractivity contribution is 14.1. The summed E-state index contributed by atoms with van der Waals surface area (Å²) in [5, 5.41) is 0. The van der Waals surface area contributed by atoms with Crippen LogP contribution in [0.3, 0.4) is 0 Å². The third kappa shape index (κ3) is 11.7. The molecule has 0 spiro atoms. The molecular formula is C54H69IN4O14. The summed E-state index contributed by atoms with van der Waals surface area (Å²) in [7, 11) is 3.02. The average molecular weight is 1130 g/mol. The van der Waals surface area contributed by atoms with Crippen molar-refractivity contribution in [2.24, 2.45) is 0 Å². The first-order valence-electron chi connectivity index (χ1n) is 25.6. The van der Waals surface area contributed by atoms with Gasteiger partial charge in [0.15, 0.2) is 48.0 Å². The van der Waals surface area contributed by atoms with Crippen LogP contribution in [0.1, 0.15) is 138 Å². The number of carbonyl (C=O) groups excluding carboxylic acids is 4. The van der Waals surface area contributed by atoms with E-state index in [2.05, 4.69) is 22.6 Å². The van der Waals surface area contributed by atoms with E-state index in [1.54, 1.807) is 75.6 Å². The molecule has 3 unspecified atom stereocenters. The van der Waals surface area contributed by atoms with E-state index in [1.807, 2.05) is 18.2 Å². The molecule has 0 N–H and O–H groups in total. The summed E-state index contributed by atoms with van der Waals surface area (Å²) < 4.78 is 63.2. The molecule has 19 heteroatoms. The van der Waals surface area contributed by atoms with Crippen LogP contribution in [-0.4, -0.2) is 123 Å². The first-order valence-corrected chi connectivity index (χ1v) is 26.7. The Morgan fingerprint density at radius 3 is 1.37 bits per heavy atom. The Hall–Kier alpha value is -5.09. The molecule has 0 aliphatic carbocycles. The van der Waals surface area contributed by atoms with E-state index in [-0.39, 0.29) is 47.5 Å². The van der Waals surface area contributed by atoms with Gasteiger partial charge in [0.1, 0.15) is 24.4 Å². The van der Waals surface area contributed by atoms with Crippen molar-refractivity contribution in [3.05, 3.63) is 68.3 Å². The SMILES string of the molecule is COc1cc2c(cc1OCc1cc(I)cc(COc3cc4c(cc3OC)C(=O)N3CCC[C@H]3[C@H](OC3CCCCO3)N4C(=O)OC(C)(C)C)c1)N(C(=O)OC(C)(C)C)C(OC1CCCCO1)[C@@H]1CCCN1C2=O. The lowest BCUT2D eigenvalue weighted by Crippen LogP contribution is -2.54. The Kier molecular flexibility index (Phi) is 15.9. The number of nitrogens with zero attached hydrogens (tertiary/aromatic N) is 4. The largest absolute Gasteiger partial charge is 0.493 e. The van der Waals surface area contributed by atoms with E-state index < -0.39 is 60.5 Å². The van der Waals surface area contributed by atoms with Crippen molar-refractivity contribution in [2.75, 3.05) is 50.3 Å². The van der Waals surface area contributed by atoms with E-state index in [9.17, 15) is 19.2 Å². The maximum atomic E-state index is 14.5. The molecule has 6 aliphatic heterocycles. The first kappa shape index (κ1) is 52.8. The van der Waals surface area contributed by atoms with Gasteiger partial charge in [0, 0.05) is 42.0 Å². The highest BCUT2D eigenvalue weighted by Gasteiger charge is 2.50. The number of fused-ring (bicyclic) bond motifs is 4. The lowest BCUT2D eigenvalue weighted by Gasteiger charge is -2.39. The number of hydrogen-bond acceptors (Lipinski definition) is 14. The van der Waals surface area contributed by atoms with Gasteiger partial charge >= 0.3 is 12.2 Å². The van der Waals surface area contributed by atoms with Crippen LogP contribution in [0.4, 0.5) is 21.0 Å². The molecule has 9 rings (SSSR count). The highest BCUT2D eigenvalue weighted by atomic mass is 127. The second-order valence-electron chi connectivity index (χ2n) is 21.3. The van der Waals surface area contributed by atoms with Crippen LogP contribution in [0.25, 0.3) is 0 Å². The van der Waals surface area contributed by atoms with Crippen LogP contribution in [0.2, 0.25) is 0 Å². The lowest BCUT2D eigenvalue weighted by molar-refractivity contribution is -0.196. The summed E-state index contributed by atoms with van der Waals surface area (Å²) in [5.41, 5.74) is 0.971. The van der Waals surface area contributed by atoms with Crippen molar-refractivity contribution in [3.8, 4) is 23.0 Å². The van der Waals surface area contributed by atoms with Crippen LogP contribution in [0.15, 0.2) is 42.5 Å². The Bertz CT molecular complexity index is 2370. The number of ether oxygens (including phenoxy) is 10. The van der Waals surface area contributed by atoms with E-state index in [0.29, 0.717) is 75.0 Å². The second-order valence-corrected chi connectivity index (χ2v) is 22.6. The number of methoxy groups -OCH3 is 2. The van der Waals surface area contributed by atoms with Gasteiger partial charge in [-0.3, -0.25) is 9.59 Å². The smallest absolute Gasteiger partial charge is 0.417 e. The van der Waals surface area contributed by atoms with Gasteiger partial charge in [0.2, 0.25) is 0 Å². The number of hydrogen-bond donors (Lipinski definition) is 0. The number of amides is 4. The van der Waals surface area contributed by atoms with Gasteiger partial charge < -0.3 is 57.2 Å². The molecule has 3 aromatic carbocycles. The van der Waals surface area contributed by atoms with E-state index in [1.165, 1.54) is 24.0 Å². The van der Waals surface area contributed by atoms with Crippen molar-refractivity contribution in [1.82, 2.24) is 9.80 Å². The van der Waals surface area contributed by atoms with Gasteiger partial charge in [-0.05, 0) is 170 Å². The molecule has 0 bridgehead atoms. The molecule has 3 aromatic rings. The Morgan fingerprint density at radius 2 is 1.00 bits per heavy atom. The standard InChI is InChI=1S/C54H69IN4O14/c1-53(2,3)72-51(62)58-39-28-43(41(64-7)26-35(39)47(60)56-19-13-15-37(56)49(58)70-45-17-9-11-21-66-45)68-30-32-23-33(25-34(55)24-32)31-69-44-29-40-36(27-42(44)65-8)48(61)57-20-14-16-38(57)50(71-46-18-10-12-22-67-46)59(40)52(63)73-54(4,5)6/h23-29,37-38,45-46,49-50H,9-22,30-31H2,1-8H3/t37-,38-,45?,46?,49-,50?/m0/s1. The minimum absolute atomic E-state index is 0.0723. The molecule has 396 valence electrons. The molecular weight excluding hydrogens is 1060 g/mol. The van der Waals surface area contributed by atoms with Gasteiger partial charge in [0.05, 0.1) is 48.8 Å². The number of halogens is 1. The molecule has 6 aliphatic rings. The number of carbonyl (C=O) groups is 4. The lowest BCUT2D eigenvalue weighted by atomic mass is 10.1. The summed E-state index contributed by atoms with van der Waals surface area (Å²) in [6.45, 7) is 13.0. The van der Waals surface area contributed by atoms with Crippen molar-refractivity contribution >= 4 is 58.0 Å². The van der Waals surface area contributed by atoms with Gasteiger partial charge in [0.25, 0.3) is 11.8 Å². The topological polar surface area (TPSA) is 174 Å². The molecule has 0 aromatic heterocycles. The summed E-state index contributed by atoms with van der Waals surface area (Å²) in [6, 6.07) is 11.6. The monoisotopic (exact) mass is 1120 g/mol. The van der Waals surface area contributed by atoms with Crippen molar-refractivity contribution in [2.45, 2.75) is 167 Å². The fraction of sp³-hybridized carbons (Fsp3) is 0.593. The molecule has 4 amide bonds. The quantitative estimate of drug-likeness (QED) is 0.157. The molecule has 18 nitrogen and oxygen atoms in total. The third-order valence-corrected chi connectivity index (χ3v) is 14.3. The highest BCUT2D eigenvalue weighted by Crippen LogP contribution is 2.45. The fourth-order valence-corrected chi connectivity index (χ4v) is 11.3. The molecule has 6 atom stereocenters. The van der Waals surface area contributed by atoms with Crippen LogP contribution >= 0.6 is 22.6 Å². The van der Waals surface area contributed by atoms with Crippen molar-refractivity contribution in [1.29, 1.82) is 0 Å². The van der Waals surface area contributed by atoms with E-state index >= 15 is 0 Å². The van der Waals surface area contributed by atoms with Gasteiger partial charge in [-0.15, -0.1) is 0 Å². The fourth-order valence-electron chi connectivity index (χ4n) is 10.5. The molecule has 73 heavy (non-hydrogen) atoms. The molecule has 0 saturated carbocycles.